The molecule has 2 heterocycles. The second kappa shape index (κ2) is 8.35. The minimum absolute atomic E-state index is 0.443. The van der Waals surface area contributed by atoms with Gasteiger partial charge < -0.3 is 14.5 Å². The van der Waals surface area contributed by atoms with Crippen molar-refractivity contribution in [2.75, 3.05) is 32.8 Å². The van der Waals surface area contributed by atoms with Crippen LogP contribution in [0.2, 0.25) is 0 Å². The topological polar surface area (TPSA) is 37.6 Å². The van der Waals surface area contributed by atoms with E-state index in [1.54, 1.807) is 6.26 Å². The van der Waals surface area contributed by atoms with Crippen LogP contribution in [-0.4, -0.2) is 43.8 Å². The lowest BCUT2D eigenvalue weighted by Crippen LogP contribution is -2.42. The molecule has 1 aliphatic heterocycles. The fourth-order valence-electron chi connectivity index (χ4n) is 2.50. The minimum Gasteiger partial charge on any atom is -0.468 e. The van der Waals surface area contributed by atoms with Gasteiger partial charge in [-0.2, -0.15) is 0 Å². The average Bonchev–Trinajstić information content (AvgIpc) is 2.95. The van der Waals surface area contributed by atoms with E-state index < -0.39 is 0 Å². The van der Waals surface area contributed by atoms with Gasteiger partial charge in [-0.05, 0) is 37.9 Å². The normalized spacial score (nSPS) is 20.8. The standard InChI is InChI=1S/C15H26N2O2/c1-2-10-18-15-5-3-8-17(13-15)9-7-16-12-14-6-4-11-19-14/h4,6,11,15-16H,2-3,5,7-10,12-13H2,1H3. The zero-order valence-corrected chi connectivity index (χ0v) is 11.9. The molecule has 2 rings (SSSR count). The lowest BCUT2D eigenvalue weighted by Gasteiger charge is -2.32. The highest BCUT2D eigenvalue weighted by atomic mass is 16.5. The third-order valence-corrected chi connectivity index (χ3v) is 3.50. The largest absolute Gasteiger partial charge is 0.468 e. The predicted molar refractivity (Wildman–Crippen MR) is 76.1 cm³/mol. The highest BCUT2D eigenvalue weighted by Crippen LogP contribution is 2.12. The Morgan fingerprint density at radius 1 is 1.53 bits per heavy atom. The van der Waals surface area contributed by atoms with E-state index in [-0.39, 0.29) is 0 Å². The van der Waals surface area contributed by atoms with E-state index in [9.17, 15) is 0 Å². The lowest BCUT2D eigenvalue weighted by atomic mass is 10.1. The third kappa shape index (κ3) is 5.35. The van der Waals surface area contributed by atoms with E-state index in [2.05, 4.69) is 17.1 Å². The first kappa shape index (κ1) is 14.6. The quantitative estimate of drug-likeness (QED) is 0.732. The molecule has 0 bridgehead atoms. The number of piperidine rings is 1. The first-order valence-corrected chi connectivity index (χ1v) is 7.45. The Labute approximate surface area is 116 Å². The fraction of sp³-hybridized carbons (Fsp3) is 0.733. The number of furan rings is 1. The van der Waals surface area contributed by atoms with Crippen LogP contribution in [0.5, 0.6) is 0 Å². The Morgan fingerprint density at radius 3 is 3.26 bits per heavy atom. The van der Waals surface area contributed by atoms with E-state index in [0.717, 1.165) is 45.0 Å². The van der Waals surface area contributed by atoms with Gasteiger partial charge in [-0.3, -0.25) is 4.90 Å². The monoisotopic (exact) mass is 266 g/mol. The molecule has 19 heavy (non-hydrogen) atoms. The molecular weight excluding hydrogens is 240 g/mol. The van der Waals surface area contributed by atoms with Crippen LogP contribution in [0.4, 0.5) is 0 Å². The van der Waals surface area contributed by atoms with Crippen molar-refractivity contribution in [2.45, 2.75) is 38.8 Å². The maximum absolute atomic E-state index is 5.85. The molecule has 4 heteroatoms. The Balaban J connectivity index is 1.57. The number of hydrogen-bond donors (Lipinski definition) is 1. The number of hydrogen-bond acceptors (Lipinski definition) is 4. The van der Waals surface area contributed by atoms with Crippen LogP contribution < -0.4 is 5.32 Å². The van der Waals surface area contributed by atoms with Crippen molar-refractivity contribution in [3.63, 3.8) is 0 Å². The molecule has 1 N–H and O–H groups in total. The highest BCUT2D eigenvalue weighted by molar-refractivity contribution is 4.97. The molecular formula is C15H26N2O2. The predicted octanol–water partition coefficient (Wildman–Crippen LogP) is 2.26. The average molecular weight is 266 g/mol. The van der Waals surface area contributed by atoms with Gasteiger partial charge in [-0.15, -0.1) is 0 Å². The summed E-state index contributed by atoms with van der Waals surface area (Å²) < 4.78 is 11.1. The van der Waals surface area contributed by atoms with Crippen LogP contribution in [0.25, 0.3) is 0 Å². The molecule has 108 valence electrons. The maximum atomic E-state index is 5.85. The van der Waals surface area contributed by atoms with Gasteiger partial charge in [0.15, 0.2) is 0 Å². The SMILES string of the molecule is CCCOC1CCCN(CCNCc2ccco2)C1. The second-order valence-corrected chi connectivity index (χ2v) is 5.19. The van der Waals surface area contributed by atoms with E-state index in [1.165, 1.54) is 19.4 Å². The van der Waals surface area contributed by atoms with Crippen molar-refractivity contribution in [1.82, 2.24) is 10.2 Å². The van der Waals surface area contributed by atoms with Crippen molar-refractivity contribution < 1.29 is 9.15 Å². The maximum Gasteiger partial charge on any atom is 0.117 e. The Hall–Kier alpha value is -0.840. The van der Waals surface area contributed by atoms with Gasteiger partial charge in [-0.25, -0.2) is 0 Å². The van der Waals surface area contributed by atoms with Crippen molar-refractivity contribution in [3.8, 4) is 0 Å². The summed E-state index contributed by atoms with van der Waals surface area (Å²) in [7, 11) is 0. The van der Waals surface area contributed by atoms with E-state index in [4.69, 9.17) is 9.15 Å². The van der Waals surface area contributed by atoms with Crippen LogP contribution in [0.15, 0.2) is 22.8 Å². The summed E-state index contributed by atoms with van der Waals surface area (Å²) in [5.74, 6) is 1.00. The summed E-state index contributed by atoms with van der Waals surface area (Å²) in [4.78, 5) is 2.50. The van der Waals surface area contributed by atoms with Gasteiger partial charge in [-0.1, -0.05) is 6.92 Å². The van der Waals surface area contributed by atoms with Crippen molar-refractivity contribution >= 4 is 0 Å². The molecule has 0 radical (unpaired) electrons. The Morgan fingerprint density at radius 2 is 2.47 bits per heavy atom. The molecule has 1 unspecified atom stereocenters. The molecule has 0 aromatic carbocycles. The summed E-state index contributed by atoms with van der Waals surface area (Å²) in [6, 6.07) is 3.93. The van der Waals surface area contributed by atoms with Crippen molar-refractivity contribution in [2.24, 2.45) is 0 Å². The molecule has 1 aliphatic rings. The molecule has 1 saturated heterocycles. The van der Waals surface area contributed by atoms with Gasteiger partial charge in [0.25, 0.3) is 0 Å². The number of nitrogens with one attached hydrogen (secondary N) is 1. The summed E-state index contributed by atoms with van der Waals surface area (Å²) in [6.07, 6.45) is 5.75. The van der Waals surface area contributed by atoms with E-state index in [0.29, 0.717) is 6.10 Å². The van der Waals surface area contributed by atoms with Crippen LogP contribution in [0.3, 0.4) is 0 Å². The molecule has 4 nitrogen and oxygen atoms in total. The molecule has 0 saturated carbocycles. The zero-order chi connectivity index (χ0) is 13.3. The van der Waals surface area contributed by atoms with Gasteiger partial charge in [0.05, 0.1) is 18.9 Å². The van der Waals surface area contributed by atoms with E-state index in [1.807, 2.05) is 12.1 Å². The molecule has 1 atom stereocenters. The third-order valence-electron chi connectivity index (χ3n) is 3.50. The lowest BCUT2D eigenvalue weighted by molar-refractivity contribution is 0.000331. The minimum atomic E-state index is 0.443. The van der Waals surface area contributed by atoms with E-state index >= 15 is 0 Å². The first-order chi connectivity index (χ1) is 9.38. The summed E-state index contributed by atoms with van der Waals surface area (Å²) in [6.45, 7) is 8.26. The van der Waals surface area contributed by atoms with Gasteiger partial charge >= 0.3 is 0 Å². The molecule has 1 aromatic heterocycles. The van der Waals surface area contributed by atoms with Gasteiger partial charge in [0.1, 0.15) is 5.76 Å². The van der Waals surface area contributed by atoms with Gasteiger partial charge in [0, 0.05) is 26.2 Å². The molecule has 0 aliphatic carbocycles. The number of likely N-dealkylation sites (tertiary alicyclic amines) is 1. The van der Waals surface area contributed by atoms with Crippen LogP contribution >= 0.6 is 0 Å². The van der Waals surface area contributed by atoms with Crippen molar-refractivity contribution in [1.29, 1.82) is 0 Å². The van der Waals surface area contributed by atoms with Crippen molar-refractivity contribution in [3.05, 3.63) is 24.2 Å². The smallest absolute Gasteiger partial charge is 0.117 e. The Kier molecular flexibility index (Phi) is 6.41. The van der Waals surface area contributed by atoms with Crippen LogP contribution in [0, 0.1) is 0 Å². The summed E-state index contributed by atoms with van der Waals surface area (Å²) in [5.41, 5.74) is 0. The summed E-state index contributed by atoms with van der Waals surface area (Å²) >= 11 is 0. The molecule has 0 spiro atoms. The van der Waals surface area contributed by atoms with Gasteiger partial charge in [0.2, 0.25) is 0 Å². The molecule has 1 fully saturated rings. The molecule has 1 aromatic rings. The van der Waals surface area contributed by atoms with Crippen LogP contribution in [0.1, 0.15) is 31.9 Å². The second-order valence-electron chi connectivity index (χ2n) is 5.19. The zero-order valence-electron chi connectivity index (χ0n) is 11.9. The number of nitrogens with zero attached hydrogens (tertiary/aromatic N) is 1. The number of ether oxygens (including phenoxy) is 1. The first-order valence-electron chi connectivity index (χ1n) is 7.45. The fourth-order valence-corrected chi connectivity index (χ4v) is 2.50. The number of rotatable bonds is 8. The van der Waals surface area contributed by atoms with Crippen LogP contribution in [-0.2, 0) is 11.3 Å². The highest BCUT2D eigenvalue weighted by Gasteiger charge is 2.19. The summed E-state index contributed by atoms with van der Waals surface area (Å²) in [5, 5.41) is 3.42. The molecule has 0 amide bonds. The Bertz CT molecular complexity index is 327.